The summed E-state index contributed by atoms with van der Waals surface area (Å²) in [5.41, 5.74) is 4.60. The van der Waals surface area contributed by atoms with Crippen LogP contribution in [0, 0.1) is 6.92 Å². The number of aryl methyl sites for hydroxylation is 1. The Morgan fingerprint density at radius 1 is 1.15 bits per heavy atom. The number of benzene rings is 1. The largest absolute Gasteiger partial charge is 0.342 e. The minimum absolute atomic E-state index is 0.126. The number of hydrogen-bond acceptors (Lipinski definition) is 3. The number of aromatic nitrogens is 2. The summed E-state index contributed by atoms with van der Waals surface area (Å²) in [6, 6.07) is 11.3. The second kappa shape index (κ2) is 6.75. The number of hydrogen-bond donors (Lipinski definition) is 1. The minimum Gasteiger partial charge on any atom is -0.342 e. The molecule has 5 nitrogen and oxygen atoms in total. The summed E-state index contributed by atoms with van der Waals surface area (Å²) in [7, 11) is 0. The monoisotopic (exact) mass is 347 g/mol. The van der Waals surface area contributed by atoms with Crippen LogP contribution in [0.15, 0.2) is 47.4 Å². The Hall–Kier alpha value is -2.95. The van der Waals surface area contributed by atoms with Gasteiger partial charge >= 0.3 is 0 Å². The normalized spacial score (nSPS) is 14.1. The Morgan fingerprint density at radius 3 is 2.69 bits per heavy atom. The van der Waals surface area contributed by atoms with E-state index in [1.54, 1.807) is 12.3 Å². The van der Waals surface area contributed by atoms with Gasteiger partial charge in [-0.1, -0.05) is 6.07 Å². The van der Waals surface area contributed by atoms with Gasteiger partial charge in [0.15, 0.2) is 0 Å². The lowest BCUT2D eigenvalue weighted by atomic mass is 10.0. The zero-order chi connectivity index (χ0) is 18.1. The van der Waals surface area contributed by atoms with Crippen molar-refractivity contribution in [2.45, 2.75) is 26.2 Å². The average Bonchev–Trinajstić information content (AvgIpc) is 3.17. The van der Waals surface area contributed by atoms with E-state index in [4.69, 9.17) is 4.98 Å². The molecule has 3 heterocycles. The van der Waals surface area contributed by atoms with E-state index in [0.29, 0.717) is 6.42 Å². The first kappa shape index (κ1) is 16.5. The number of aromatic amines is 1. The summed E-state index contributed by atoms with van der Waals surface area (Å²) in [6.07, 6.45) is 4.34. The van der Waals surface area contributed by atoms with Gasteiger partial charge in [0.2, 0.25) is 11.5 Å². The number of fused-ring (bicyclic) bond motifs is 1. The third-order valence-corrected chi connectivity index (χ3v) is 4.97. The van der Waals surface area contributed by atoms with Crippen LogP contribution >= 0.6 is 0 Å². The maximum Gasteiger partial charge on any atom is 0.247 e. The van der Waals surface area contributed by atoms with Crippen molar-refractivity contribution >= 4 is 16.8 Å². The predicted molar refractivity (Wildman–Crippen MR) is 102 cm³/mol. The predicted octanol–water partition coefficient (Wildman–Crippen LogP) is 3.06. The van der Waals surface area contributed by atoms with Crippen LogP contribution in [0.25, 0.3) is 22.2 Å². The highest BCUT2D eigenvalue weighted by Gasteiger charge is 2.18. The summed E-state index contributed by atoms with van der Waals surface area (Å²) in [5, 5.41) is 1.06. The van der Waals surface area contributed by atoms with Crippen molar-refractivity contribution in [1.29, 1.82) is 0 Å². The zero-order valence-electron chi connectivity index (χ0n) is 14.8. The van der Waals surface area contributed by atoms with Crippen molar-refractivity contribution in [3.05, 3.63) is 64.1 Å². The molecule has 0 saturated carbocycles. The molecule has 5 heteroatoms. The first-order valence-corrected chi connectivity index (χ1v) is 8.97. The molecule has 0 bridgehead atoms. The summed E-state index contributed by atoms with van der Waals surface area (Å²) >= 11 is 0. The molecule has 0 atom stereocenters. The van der Waals surface area contributed by atoms with Crippen molar-refractivity contribution in [3.8, 4) is 11.3 Å². The smallest absolute Gasteiger partial charge is 0.247 e. The van der Waals surface area contributed by atoms with Crippen molar-refractivity contribution in [1.82, 2.24) is 14.9 Å². The van der Waals surface area contributed by atoms with Gasteiger partial charge in [-0.05, 0) is 55.2 Å². The Labute approximate surface area is 151 Å². The molecule has 0 aliphatic carbocycles. The Kier molecular flexibility index (Phi) is 4.29. The molecular formula is C21H21N3O2. The molecule has 1 aliphatic heterocycles. The van der Waals surface area contributed by atoms with Crippen LogP contribution < -0.4 is 5.56 Å². The Balaban J connectivity index is 1.65. The number of H-pyrrole nitrogens is 1. The van der Waals surface area contributed by atoms with Crippen LogP contribution in [0.1, 0.15) is 24.0 Å². The fourth-order valence-electron chi connectivity index (χ4n) is 3.52. The molecule has 0 spiro atoms. The van der Waals surface area contributed by atoms with E-state index in [1.165, 1.54) is 6.07 Å². The number of likely N-dealkylation sites (tertiary alicyclic amines) is 1. The molecule has 1 aromatic carbocycles. The van der Waals surface area contributed by atoms with Crippen LogP contribution in [0.3, 0.4) is 0 Å². The number of carbonyl (C=O) groups excluding carboxylic acids is 1. The van der Waals surface area contributed by atoms with E-state index in [0.717, 1.165) is 59.2 Å². The maximum absolute atomic E-state index is 12.4. The van der Waals surface area contributed by atoms with E-state index in [2.05, 4.69) is 11.1 Å². The lowest BCUT2D eigenvalue weighted by Crippen LogP contribution is -2.29. The topological polar surface area (TPSA) is 66.1 Å². The molecule has 0 radical (unpaired) electrons. The van der Waals surface area contributed by atoms with Gasteiger partial charge in [0.25, 0.3) is 0 Å². The van der Waals surface area contributed by atoms with Gasteiger partial charge in [-0.3, -0.25) is 9.59 Å². The van der Waals surface area contributed by atoms with E-state index in [-0.39, 0.29) is 11.5 Å². The molecule has 1 saturated heterocycles. The van der Waals surface area contributed by atoms with Crippen LogP contribution in [0.2, 0.25) is 0 Å². The quantitative estimate of drug-likeness (QED) is 0.792. The number of rotatable bonds is 3. The molecule has 4 rings (SSSR count). The van der Waals surface area contributed by atoms with E-state index < -0.39 is 0 Å². The first-order valence-electron chi connectivity index (χ1n) is 8.97. The number of pyridine rings is 2. The molecule has 1 N–H and O–H groups in total. The maximum atomic E-state index is 12.4. The highest BCUT2D eigenvalue weighted by molar-refractivity contribution is 5.87. The lowest BCUT2D eigenvalue weighted by molar-refractivity contribution is -0.129. The van der Waals surface area contributed by atoms with Gasteiger partial charge in [-0.15, -0.1) is 0 Å². The average molecular weight is 347 g/mol. The lowest BCUT2D eigenvalue weighted by Gasteiger charge is -2.15. The highest BCUT2D eigenvalue weighted by Crippen LogP contribution is 2.25. The summed E-state index contributed by atoms with van der Waals surface area (Å²) < 4.78 is 0. The molecule has 3 aromatic rings. The minimum atomic E-state index is -0.126. The number of nitrogens with zero attached hydrogens (tertiary/aromatic N) is 2. The molecule has 0 unspecified atom stereocenters. The molecule has 2 aromatic heterocycles. The van der Waals surface area contributed by atoms with Crippen LogP contribution in [0.5, 0.6) is 0 Å². The van der Waals surface area contributed by atoms with Crippen LogP contribution in [-0.4, -0.2) is 33.9 Å². The van der Waals surface area contributed by atoms with Crippen molar-refractivity contribution in [2.24, 2.45) is 0 Å². The van der Waals surface area contributed by atoms with Crippen LogP contribution in [0.4, 0.5) is 0 Å². The fraction of sp³-hybridized carbons (Fsp3) is 0.286. The third kappa shape index (κ3) is 3.25. The van der Waals surface area contributed by atoms with Gasteiger partial charge in [0.05, 0.1) is 17.6 Å². The Bertz CT molecular complexity index is 1010. The van der Waals surface area contributed by atoms with Gasteiger partial charge < -0.3 is 9.88 Å². The van der Waals surface area contributed by atoms with Crippen molar-refractivity contribution in [2.75, 3.05) is 13.1 Å². The second-order valence-corrected chi connectivity index (χ2v) is 6.88. The summed E-state index contributed by atoms with van der Waals surface area (Å²) in [5.74, 6) is 0.206. The van der Waals surface area contributed by atoms with Gasteiger partial charge in [0.1, 0.15) is 0 Å². The number of nitrogens with one attached hydrogen (secondary N) is 1. The summed E-state index contributed by atoms with van der Waals surface area (Å²) in [6.45, 7) is 3.82. The van der Waals surface area contributed by atoms with E-state index >= 15 is 0 Å². The number of amides is 1. The standard InChI is InChI=1S/C21H21N3O2/c1-14-10-19(16-5-7-20(25)22-13-16)23-18-6-4-15(11-17(14)18)12-21(26)24-8-2-3-9-24/h4-7,10-11,13H,2-3,8-9,12H2,1H3,(H,22,25). The number of carbonyl (C=O) groups is 1. The SMILES string of the molecule is Cc1cc(-c2ccc(=O)[nH]c2)nc2ccc(CC(=O)N3CCCC3)cc12. The summed E-state index contributed by atoms with van der Waals surface area (Å²) in [4.78, 5) is 33.0. The molecular weight excluding hydrogens is 326 g/mol. The Morgan fingerprint density at radius 2 is 1.96 bits per heavy atom. The highest BCUT2D eigenvalue weighted by atomic mass is 16.2. The second-order valence-electron chi connectivity index (χ2n) is 6.88. The first-order chi connectivity index (χ1) is 12.6. The van der Waals surface area contributed by atoms with Gasteiger partial charge in [0, 0.05) is 36.3 Å². The van der Waals surface area contributed by atoms with Gasteiger partial charge in [-0.2, -0.15) is 0 Å². The van der Waals surface area contributed by atoms with E-state index in [1.807, 2.05) is 30.0 Å². The third-order valence-electron chi connectivity index (χ3n) is 4.97. The molecule has 26 heavy (non-hydrogen) atoms. The van der Waals surface area contributed by atoms with Gasteiger partial charge in [-0.25, -0.2) is 4.98 Å². The fourth-order valence-corrected chi connectivity index (χ4v) is 3.52. The molecule has 132 valence electrons. The van der Waals surface area contributed by atoms with Crippen LogP contribution in [-0.2, 0) is 11.2 Å². The van der Waals surface area contributed by atoms with Crippen molar-refractivity contribution in [3.63, 3.8) is 0 Å². The molecule has 1 aliphatic rings. The molecule has 1 fully saturated rings. The van der Waals surface area contributed by atoms with E-state index in [9.17, 15) is 9.59 Å². The zero-order valence-corrected chi connectivity index (χ0v) is 14.8. The van der Waals surface area contributed by atoms with Crippen molar-refractivity contribution < 1.29 is 4.79 Å². The molecule has 1 amide bonds.